The number of likely N-dealkylation sites (tertiary alicyclic amines) is 1. The molecule has 2 heterocycles. The summed E-state index contributed by atoms with van der Waals surface area (Å²) in [5, 5.41) is 4.01. The topological polar surface area (TPSA) is 55.0 Å². The normalized spacial score (nSPS) is 17.4. The van der Waals surface area contributed by atoms with E-state index in [2.05, 4.69) is 21.8 Å². The van der Waals surface area contributed by atoms with Crippen LogP contribution in [0.1, 0.15) is 18.4 Å². The van der Waals surface area contributed by atoms with Crippen molar-refractivity contribution >= 4 is 28.7 Å². The van der Waals surface area contributed by atoms with Crippen LogP contribution in [0.2, 0.25) is 0 Å². The molecule has 6 nitrogen and oxygen atoms in total. The summed E-state index contributed by atoms with van der Waals surface area (Å²) >= 11 is 5.63. The summed E-state index contributed by atoms with van der Waals surface area (Å²) in [6.45, 7) is 1.62. The lowest BCUT2D eigenvalue weighted by atomic mass is 9.90. The molecule has 2 aromatic rings. The van der Waals surface area contributed by atoms with Gasteiger partial charge in [0.05, 0.1) is 25.6 Å². The first-order valence-corrected chi connectivity index (χ1v) is 10.0. The molecular formula is C22H25N3O3S. The predicted octanol–water partition coefficient (Wildman–Crippen LogP) is 3.81. The van der Waals surface area contributed by atoms with Gasteiger partial charge in [-0.1, -0.05) is 24.3 Å². The minimum atomic E-state index is -0.311. The number of nitrogens with zero attached hydrogens (tertiary/aromatic N) is 1. The van der Waals surface area contributed by atoms with Crippen molar-refractivity contribution in [3.8, 4) is 11.5 Å². The Balaban J connectivity index is 1.40. The number of nitrogens with one attached hydrogen (secondary N) is 2. The highest BCUT2D eigenvalue weighted by Crippen LogP contribution is 2.35. The molecule has 2 aliphatic heterocycles. The number of piperidine rings is 1. The van der Waals surface area contributed by atoms with E-state index in [1.807, 2.05) is 48.5 Å². The van der Waals surface area contributed by atoms with Crippen molar-refractivity contribution < 1.29 is 14.3 Å². The van der Waals surface area contributed by atoms with Crippen molar-refractivity contribution in [2.45, 2.75) is 18.4 Å². The minimum absolute atomic E-state index is 0.311. The average molecular weight is 412 g/mol. The van der Waals surface area contributed by atoms with Gasteiger partial charge in [-0.25, -0.2) is 0 Å². The van der Waals surface area contributed by atoms with Crippen molar-refractivity contribution in [2.75, 3.05) is 32.6 Å². The van der Waals surface area contributed by atoms with Gasteiger partial charge in [0.15, 0.2) is 5.11 Å². The number of methoxy groups -OCH3 is 2. The highest BCUT2D eigenvalue weighted by atomic mass is 32.1. The van der Waals surface area contributed by atoms with Crippen molar-refractivity contribution in [2.24, 2.45) is 0 Å². The van der Waals surface area contributed by atoms with Crippen molar-refractivity contribution in [3.63, 3.8) is 0 Å². The third kappa shape index (κ3) is 4.16. The molecule has 0 atom stereocenters. The quantitative estimate of drug-likeness (QED) is 0.742. The SMILES string of the molecule is COc1cccc(C2=CC3(CCN(C(=S)Nc4ccccc4OC)CC3)ON2)c1. The zero-order chi connectivity index (χ0) is 20.3. The number of hydrogen-bond acceptors (Lipinski definition) is 5. The van der Waals surface area contributed by atoms with Crippen LogP contribution in [-0.4, -0.2) is 42.9 Å². The van der Waals surface area contributed by atoms with Gasteiger partial charge in [0.25, 0.3) is 0 Å². The molecule has 1 fully saturated rings. The fraction of sp³-hybridized carbons (Fsp3) is 0.318. The number of thiocarbonyl (C=S) groups is 1. The first-order valence-electron chi connectivity index (χ1n) is 9.63. The highest BCUT2D eigenvalue weighted by molar-refractivity contribution is 7.80. The van der Waals surface area contributed by atoms with Crippen LogP contribution in [0.5, 0.6) is 11.5 Å². The van der Waals surface area contributed by atoms with Crippen LogP contribution in [-0.2, 0) is 4.84 Å². The van der Waals surface area contributed by atoms with Gasteiger partial charge in [-0.15, -0.1) is 0 Å². The molecule has 29 heavy (non-hydrogen) atoms. The highest BCUT2D eigenvalue weighted by Gasteiger charge is 2.39. The number of rotatable bonds is 4. The van der Waals surface area contributed by atoms with Gasteiger partial charge < -0.3 is 19.7 Å². The van der Waals surface area contributed by atoms with Crippen LogP contribution < -0.4 is 20.3 Å². The number of para-hydroxylation sites is 2. The van der Waals surface area contributed by atoms with E-state index >= 15 is 0 Å². The lowest BCUT2D eigenvalue weighted by Gasteiger charge is -2.38. The summed E-state index contributed by atoms with van der Waals surface area (Å²) in [6, 6.07) is 15.7. The molecule has 7 heteroatoms. The fourth-order valence-corrected chi connectivity index (χ4v) is 3.98. The summed E-state index contributed by atoms with van der Waals surface area (Å²) in [6.07, 6.45) is 3.89. The van der Waals surface area contributed by atoms with Crippen LogP contribution in [0.15, 0.2) is 54.6 Å². The Kier molecular flexibility index (Phi) is 5.60. The van der Waals surface area contributed by atoms with Crippen molar-refractivity contribution in [1.29, 1.82) is 0 Å². The lowest BCUT2D eigenvalue weighted by molar-refractivity contribution is -0.0615. The second-order valence-corrected chi connectivity index (χ2v) is 7.56. The zero-order valence-electron chi connectivity index (χ0n) is 16.6. The standard InChI is InChI=1S/C22H25N3O3S/c1-26-17-7-5-6-16(14-17)19-15-22(28-24-19)10-12-25(13-11-22)21(29)23-18-8-3-4-9-20(18)27-2/h3-9,14-15,24H,10-13H2,1-2H3,(H,23,29). The largest absolute Gasteiger partial charge is 0.497 e. The first kappa shape index (κ1) is 19.5. The van der Waals surface area contributed by atoms with Gasteiger partial charge >= 0.3 is 0 Å². The average Bonchev–Trinajstić information content (AvgIpc) is 3.18. The molecule has 152 valence electrons. The number of benzene rings is 2. The van der Waals surface area contributed by atoms with Gasteiger partial charge in [0.1, 0.15) is 17.1 Å². The molecule has 2 N–H and O–H groups in total. The Morgan fingerprint density at radius 3 is 2.66 bits per heavy atom. The van der Waals surface area contributed by atoms with Crippen LogP contribution in [0.4, 0.5) is 5.69 Å². The molecule has 0 amide bonds. The molecular weight excluding hydrogens is 386 g/mol. The molecule has 0 bridgehead atoms. The first-order chi connectivity index (χ1) is 14.1. The van der Waals surface area contributed by atoms with Crippen LogP contribution in [0.25, 0.3) is 5.70 Å². The number of ether oxygens (including phenoxy) is 2. The lowest BCUT2D eigenvalue weighted by Crippen LogP contribution is -2.48. The number of hydroxylamine groups is 1. The second kappa shape index (κ2) is 8.31. The molecule has 0 aromatic heterocycles. The van der Waals surface area contributed by atoms with Gasteiger partial charge in [-0.3, -0.25) is 10.3 Å². The van der Waals surface area contributed by atoms with E-state index in [0.717, 1.165) is 54.4 Å². The molecule has 0 saturated carbocycles. The van der Waals surface area contributed by atoms with E-state index in [-0.39, 0.29) is 5.60 Å². The van der Waals surface area contributed by atoms with E-state index in [1.54, 1.807) is 14.2 Å². The number of anilines is 1. The summed E-state index contributed by atoms with van der Waals surface area (Å²) in [5.74, 6) is 1.60. The third-order valence-corrected chi connectivity index (χ3v) is 5.76. The van der Waals surface area contributed by atoms with Crippen molar-refractivity contribution in [3.05, 3.63) is 60.2 Å². The zero-order valence-corrected chi connectivity index (χ0v) is 17.4. The van der Waals surface area contributed by atoms with Gasteiger partial charge in [0.2, 0.25) is 0 Å². The second-order valence-electron chi connectivity index (χ2n) is 7.18. The van der Waals surface area contributed by atoms with E-state index in [4.69, 9.17) is 26.5 Å². The molecule has 4 rings (SSSR count). The Morgan fingerprint density at radius 2 is 1.90 bits per heavy atom. The molecule has 0 aliphatic carbocycles. The Labute approximate surface area is 176 Å². The Bertz CT molecular complexity index is 923. The summed E-state index contributed by atoms with van der Waals surface area (Å²) in [7, 11) is 3.33. The van der Waals surface area contributed by atoms with Gasteiger partial charge in [-0.2, -0.15) is 0 Å². The van der Waals surface area contributed by atoms with E-state index in [0.29, 0.717) is 5.11 Å². The maximum Gasteiger partial charge on any atom is 0.173 e. The molecule has 0 radical (unpaired) electrons. The van der Waals surface area contributed by atoms with E-state index < -0.39 is 0 Å². The van der Waals surface area contributed by atoms with Crippen LogP contribution in [0, 0.1) is 0 Å². The summed E-state index contributed by atoms with van der Waals surface area (Å²) < 4.78 is 10.7. The number of hydrogen-bond donors (Lipinski definition) is 2. The van der Waals surface area contributed by atoms with Crippen LogP contribution >= 0.6 is 12.2 Å². The Morgan fingerprint density at radius 1 is 1.10 bits per heavy atom. The minimum Gasteiger partial charge on any atom is -0.497 e. The van der Waals surface area contributed by atoms with Gasteiger partial charge in [-0.05, 0) is 42.6 Å². The summed E-state index contributed by atoms with van der Waals surface area (Å²) in [4.78, 5) is 8.19. The fourth-order valence-electron chi connectivity index (χ4n) is 3.69. The molecule has 2 aliphatic rings. The molecule has 1 saturated heterocycles. The monoisotopic (exact) mass is 411 g/mol. The van der Waals surface area contributed by atoms with Crippen LogP contribution in [0.3, 0.4) is 0 Å². The molecule has 2 aromatic carbocycles. The predicted molar refractivity (Wildman–Crippen MR) is 118 cm³/mol. The molecule has 0 unspecified atom stereocenters. The molecule has 1 spiro atoms. The van der Waals surface area contributed by atoms with E-state index in [1.165, 1.54) is 0 Å². The van der Waals surface area contributed by atoms with E-state index in [9.17, 15) is 0 Å². The Hall–Kier alpha value is -2.77. The van der Waals surface area contributed by atoms with Gasteiger partial charge in [0, 0.05) is 31.5 Å². The maximum atomic E-state index is 6.01. The van der Waals surface area contributed by atoms with Crippen molar-refractivity contribution in [1.82, 2.24) is 10.4 Å². The maximum absolute atomic E-state index is 6.01. The third-order valence-electron chi connectivity index (χ3n) is 5.40. The summed E-state index contributed by atoms with van der Waals surface area (Å²) in [5.41, 5.74) is 5.70. The smallest absolute Gasteiger partial charge is 0.173 e.